The van der Waals surface area contributed by atoms with Crippen LogP contribution in [0.4, 0.5) is 0 Å². The molecule has 3 atom stereocenters. The average molecular weight is 238 g/mol. The van der Waals surface area contributed by atoms with Gasteiger partial charge in [0.1, 0.15) is 0 Å². The van der Waals surface area contributed by atoms with E-state index < -0.39 is 0 Å². The Kier molecular flexibility index (Phi) is 3.05. The lowest BCUT2D eigenvalue weighted by Crippen LogP contribution is -2.41. The van der Waals surface area contributed by atoms with Crippen molar-refractivity contribution in [2.45, 2.75) is 72.0 Å². The first-order valence-electron chi connectivity index (χ1n) is 6.78. The monoisotopic (exact) mass is 238 g/mol. The molecule has 17 heavy (non-hydrogen) atoms. The molecule has 0 saturated heterocycles. The predicted octanol–water partition coefficient (Wildman–Crippen LogP) is 4.21. The van der Waals surface area contributed by atoms with Gasteiger partial charge in [0, 0.05) is 11.8 Å². The normalized spacial score (nSPS) is 38.4. The van der Waals surface area contributed by atoms with E-state index in [9.17, 15) is 5.11 Å². The van der Waals surface area contributed by atoms with Crippen LogP contribution in [0.1, 0.15) is 60.3 Å². The molecule has 0 amide bonds. The fraction of sp³-hybridized carbons (Fsp3) is 0.867. The first kappa shape index (κ1) is 12.9. The topological polar surface area (TPSA) is 29.5 Å². The van der Waals surface area contributed by atoms with E-state index in [2.05, 4.69) is 34.6 Å². The summed E-state index contributed by atoms with van der Waals surface area (Å²) in [6, 6.07) is 0. The maximum Gasteiger partial charge on any atom is 0.0915 e. The van der Waals surface area contributed by atoms with E-state index in [1.807, 2.05) is 0 Å². The smallest absolute Gasteiger partial charge is 0.0915 e. The molecule has 1 saturated carbocycles. The highest BCUT2D eigenvalue weighted by Gasteiger charge is 2.50. The number of aliphatic hydroxyl groups is 1. The summed E-state index contributed by atoms with van der Waals surface area (Å²) in [7, 11) is 0. The zero-order chi connectivity index (χ0) is 12.8. The van der Waals surface area contributed by atoms with Crippen LogP contribution in [-0.4, -0.2) is 16.8 Å². The Balaban J connectivity index is 2.19. The van der Waals surface area contributed by atoms with Crippen molar-refractivity contribution >= 4 is 0 Å². The summed E-state index contributed by atoms with van der Waals surface area (Å²) in [4.78, 5) is 0. The molecule has 0 bridgehead atoms. The van der Waals surface area contributed by atoms with Crippen molar-refractivity contribution in [2.75, 3.05) is 0 Å². The SMILES string of the molecule is CC1=C(O)C[C@H]2CC[C@@H](OC(C)(C)C)[C@]2(C)C1. The summed E-state index contributed by atoms with van der Waals surface area (Å²) in [6.07, 6.45) is 4.51. The van der Waals surface area contributed by atoms with Crippen LogP contribution in [0.5, 0.6) is 0 Å². The Bertz CT molecular complexity index is 337. The lowest BCUT2D eigenvalue weighted by molar-refractivity contribution is -0.111. The maximum absolute atomic E-state index is 9.90. The second kappa shape index (κ2) is 4.01. The van der Waals surface area contributed by atoms with E-state index in [-0.39, 0.29) is 11.0 Å². The van der Waals surface area contributed by atoms with Crippen molar-refractivity contribution in [3.8, 4) is 0 Å². The second-order valence-corrected chi connectivity index (χ2v) is 7.11. The molecule has 2 heteroatoms. The van der Waals surface area contributed by atoms with Gasteiger partial charge in [-0.15, -0.1) is 0 Å². The van der Waals surface area contributed by atoms with Gasteiger partial charge >= 0.3 is 0 Å². The second-order valence-electron chi connectivity index (χ2n) is 7.11. The molecule has 2 aliphatic carbocycles. The molecule has 0 aromatic carbocycles. The van der Waals surface area contributed by atoms with Gasteiger partial charge in [-0.25, -0.2) is 0 Å². The minimum absolute atomic E-state index is 0.0698. The third-order valence-corrected chi connectivity index (χ3v) is 4.52. The Labute approximate surface area is 105 Å². The molecule has 0 heterocycles. The highest BCUT2D eigenvalue weighted by atomic mass is 16.5. The minimum Gasteiger partial charge on any atom is -0.512 e. The number of ether oxygens (including phenoxy) is 1. The van der Waals surface area contributed by atoms with E-state index in [4.69, 9.17) is 4.74 Å². The number of hydrogen-bond acceptors (Lipinski definition) is 2. The van der Waals surface area contributed by atoms with Crippen molar-refractivity contribution in [1.29, 1.82) is 0 Å². The molecule has 2 aliphatic rings. The molecule has 0 aromatic rings. The molecule has 0 aliphatic heterocycles. The first-order chi connectivity index (χ1) is 7.72. The van der Waals surface area contributed by atoms with Gasteiger partial charge in [0.2, 0.25) is 0 Å². The van der Waals surface area contributed by atoms with Crippen molar-refractivity contribution in [1.82, 2.24) is 0 Å². The number of allylic oxidation sites excluding steroid dienone is 2. The largest absolute Gasteiger partial charge is 0.512 e. The van der Waals surface area contributed by atoms with Crippen LogP contribution in [0.25, 0.3) is 0 Å². The summed E-state index contributed by atoms with van der Waals surface area (Å²) in [5.74, 6) is 1.22. The van der Waals surface area contributed by atoms with Crippen LogP contribution in [-0.2, 0) is 4.74 Å². The van der Waals surface area contributed by atoms with Crippen molar-refractivity contribution in [3.63, 3.8) is 0 Å². The van der Waals surface area contributed by atoms with Gasteiger partial charge in [0.25, 0.3) is 0 Å². The summed E-state index contributed by atoms with van der Waals surface area (Å²) < 4.78 is 6.25. The molecule has 0 aromatic heterocycles. The zero-order valence-electron chi connectivity index (χ0n) is 11.8. The van der Waals surface area contributed by atoms with Gasteiger partial charge in [-0.1, -0.05) is 6.92 Å². The lowest BCUT2D eigenvalue weighted by Gasteiger charge is -2.42. The summed E-state index contributed by atoms with van der Waals surface area (Å²) in [5, 5.41) is 9.90. The summed E-state index contributed by atoms with van der Waals surface area (Å²) in [6.45, 7) is 10.8. The molecule has 0 radical (unpaired) electrons. The van der Waals surface area contributed by atoms with Gasteiger partial charge in [-0.3, -0.25) is 0 Å². The van der Waals surface area contributed by atoms with Crippen molar-refractivity contribution in [2.24, 2.45) is 11.3 Å². The molecule has 2 nitrogen and oxygen atoms in total. The van der Waals surface area contributed by atoms with Crippen molar-refractivity contribution < 1.29 is 9.84 Å². The first-order valence-corrected chi connectivity index (χ1v) is 6.78. The molecule has 1 fully saturated rings. The van der Waals surface area contributed by atoms with Gasteiger partial charge < -0.3 is 9.84 Å². The predicted molar refractivity (Wildman–Crippen MR) is 70.0 cm³/mol. The lowest BCUT2D eigenvalue weighted by atomic mass is 9.68. The van der Waals surface area contributed by atoms with Crippen LogP contribution in [0.3, 0.4) is 0 Å². The fourth-order valence-corrected chi connectivity index (χ4v) is 3.57. The number of fused-ring (bicyclic) bond motifs is 1. The van der Waals surface area contributed by atoms with Gasteiger partial charge in [-0.05, 0) is 58.4 Å². The highest BCUT2D eigenvalue weighted by molar-refractivity contribution is 5.18. The Morgan fingerprint density at radius 2 is 1.94 bits per heavy atom. The third-order valence-electron chi connectivity index (χ3n) is 4.52. The molecule has 0 spiro atoms. The third kappa shape index (κ3) is 2.37. The Morgan fingerprint density at radius 1 is 1.29 bits per heavy atom. The number of rotatable bonds is 1. The quantitative estimate of drug-likeness (QED) is 0.741. The van der Waals surface area contributed by atoms with E-state index in [1.165, 1.54) is 6.42 Å². The van der Waals surface area contributed by atoms with E-state index in [0.29, 0.717) is 17.8 Å². The van der Waals surface area contributed by atoms with Crippen LogP contribution in [0.2, 0.25) is 0 Å². The molecule has 98 valence electrons. The zero-order valence-corrected chi connectivity index (χ0v) is 11.8. The Morgan fingerprint density at radius 3 is 2.53 bits per heavy atom. The molecule has 0 unspecified atom stereocenters. The van der Waals surface area contributed by atoms with Crippen LogP contribution in [0, 0.1) is 11.3 Å². The molecular weight excluding hydrogens is 212 g/mol. The standard InChI is InChI=1S/C15H26O2/c1-10-9-15(5)11(8-12(10)16)6-7-13(15)17-14(2,3)4/h11,13,16H,6-9H2,1-5H3/t11-,13-,15-/m1/s1. The minimum atomic E-state index is -0.0698. The van der Waals surface area contributed by atoms with E-state index in [1.54, 1.807) is 0 Å². The molecule has 2 rings (SSSR count). The van der Waals surface area contributed by atoms with Crippen LogP contribution >= 0.6 is 0 Å². The summed E-state index contributed by atoms with van der Waals surface area (Å²) in [5.41, 5.74) is 1.32. The number of hydrogen-bond donors (Lipinski definition) is 1. The van der Waals surface area contributed by atoms with Gasteiger partial charge in [0.15, 0.2) is 0 Å². The van der Waals surface area contributed by atoms with Gasteiger partial charge in [-0.2, -0.15) is 0 Å². The highest BCUT2D eigenvalue weighted by Crippen LogP contribution is 2.54. The molecular formula is C15H26O2. The van der Waals surface area contributed by atoms with Crippen LogP contribution in [0.15, 0.2) is 11.3 Å². The fourth-order valence-electron chi connectivity index (χ4n) is 3.57. The Hall–Kier alpha value is -0.500. The van der Waals surface area contributed by atoms with E-state index in [0.717, 1.165) is 24.8 Å². The van der Waals surface area contributed by atoms with Crippen LogP contribution < -0.4 is 0 Å². The average Bonchev–Trinajstić information content (AvgIpc) is 2.43. The van der Waals surface area contributed by atoms with Crippen molar-refractivity contribution in [3.05, 3.63) is 11.3 Å². The summed E-state index contributed by atoms with van der Waals surface area (Å²) >= 11 is 0. The van der Waals surface area contributed by atoms with Gasteiger partial charge in [0.05, 0.1) is 17.5 Å². The maximum atomic E-state index is 9.90. The van der Waals surface area contributed by atoms with E-state index >= 15 is 0 Å². The number of aliphatic hydroxyl groups excluding tert-OH is 1. The molecule has 1 N–H and O–H groups in total.